The van der Waals surface area contributed by atoms with Gasteiger partial charge >= 0.3 is 0 Å². The van der Waals surface area contributed by atoms with Crippen LogP contribution in [0.25, 0.3) is 10.7 Å². The Balaban J connectivity index is 2.04. The van der Waals surface area contributed by atoms with Crippen LogP contribution < -0.4 is 5.32 Å². The summed E-state index contributed by atoms with van der Waals surface area (Å²) in [7, 11) is 0. The Bertz CT molecular complexity index is 467. The number of nitrogens with one attached hydrogen (secondary N) is 1. The molecule has 5 heteroatoms. The average molecular weight is 312 g/mol. The van der Waals surface area contributed by atoms with E-state index in [4.69, 9.17) is 0 Å². The van der Waals surface area contributed by atoms with Crippen molar-refractivity contribution in [3.05, 3.63) is 33.9 Å². The maximum absolute atomic E-state index is 4.56. The van der Waals surface area contributed by atoms with E-state index in [1.165, 1.54) is 0 Å². The molecule has 0 fully saturated rings. The van der Waals surface area contributed by atoms with Crippen molar-refractivity contribution < 1.29 is 0 Å². The highest BCUT2D eigenvalue weighted by Gasteiger charge is 2.05. The maximum atomic E-state index is 4.56. The molecular weight excluding hydrogens is 298 g/mol. The van der Waals surface area contributed by atoms with E-state index in [-0.39, 0.29) is 0 Å². The van der Waals surface area contributed by atoms with Gasteiger partial charge < -0.3 is 5.32 Å². The molecule has 2 rings (SSSR count). The Labute approximate surface area is 113 Å². The van der Waals surface area contributed by atoms with E-state index in [2.05, 4.69) is 43.5 Å². The van der Waals surface area contributed by atoms with E-state index >= 15 is 0 Å². The topological polar surface area (TPSA) is 37.8 Å². The zero-order valence-electron chi connectivity index (χ0n) is 9.61. The van der Waals surface area contributed by atoms with Gasteiger partial charge in [-0.05, 0) is 41.0 Å². The van der Waals surface area contributed by atoms with Gasteiger partial charge in [0.25, 0.3) is 0 Å². The normalized spacial score (nSPS) is 10.7. The molecule has 17 heavy (non-hydrogen) atoms. The molecule has 0 unspecified atom stereocenters. The summed E-state index contributed by atoms with van der Waals surface area (Å²) in [5.41, 5.74) is 2.02. The van der Waals surface area contributed by atoms with E-state index in [9.17, 15) is 0 Å². The number of aromatic nitrogens is 2. The summed E-state index contributed by atoms with van der Waals surface area (Å²) < 4.78 is 0.989. The fourth-order valence-electron chi connectivity index (χ4n) is 1.40. The van der Waals surface area contributed by atoms with Crippen molar-refractivity contribution in [1.82, 2.24) is 15.3 Å². The van der Waals surface area contributed by atoms with Crippen LogP contribution in [0, 0.1) is 0 Å². The van der Waals surface area contributed by atoms with Crippen molar-refractivity contribution in [2.45, 2.75) is 19.9 Å². The Kier molecular flexibility index (Phi) is 4.65. The van der Waals surface area contributed by atoms with Crippen molar-refractivity contribution in [2.75, 3.05) is 6.54 Å². The second kappa shape index (κ2) is 6.23. The average Bonchev–Trinajstić information content (AvgIpc) is 2.79. The highest BCUT2D eigenvalue weighted by Crippen LogP contribution is 2.22. The molecule has 0 spiro atoms. The third-order valence-corrected chi connectivity index (χ3v) is 3.61. The summed E-state index contributed by atoms with van der Waals surface area (Å²) >= 11 is 5.01. The van der Waals surface area contributed by atoms with E-state index in [0.29, 0.717) is 0 Å². The van der Waals surface area contributed by atoms with Crippen LogP contribution >= 0.6 is 27.3 Å². The smallest absolute Gasteiger partial charge is 0.142 e. The van der Waals surface area contributed by atoms with Gasteiger partial charge in [0, 0.05) is 22.6 Å². The van der Waals surface area contributed by atoms with Gasteiger partial charge in [0.15, 0.2) is 0 Å². The summed E-state index contributed by atoms with van der Waals surface area (Å²) in [6.45, 7) is 4.02. The van der Waals surface area contributed by atoms with Crippen LogP contribution in [0.1, 0.15) is 19.0 Å². The SMILES string of the molecule is CCCNCc1csc(-c2ccc(Br)cn2)n1. The molecule has 0 bridgehead atoms. The van der Waals surface area contributed by atoms with E-state index in [0.717, 1.165) is 40.4 Å². The Morgan fingerprint density at radius 1 is 1.41 bits per heavy atom. The molecule has 1 N–H and O–H groups in total. The molecule has 3 nitrogen and oxygen atoms in total. The molecule has 2 heterocycles. The van der Waals surface area contributed by atoms with Crippen molar-refractivity contribution >= 4 is 27.3 Å². The van der Waals surface area contributed by atoms with Crippen molar-refractivity contribution in [3.63, 3.8) is 0 Å². The Morgan fingerprint density at radius 2 is 2.29 bits per heavy atom. The number of hydrogen-bond donors (Lipinski definition) is 1. The molecule has 0 saturated heterocycles. The summed E-state index contributed by atoms with van der Waals surface area (Å²) in [6, 6.07) is 3.96. The van der Waals surface area contributed by atoms with Gasteiger partial charge in [-0.25, -0.2) is 4.98 Å². The molecule has 0 aliphatic heterocycles. The molecule has 0 atom stereocenters. The first-order valence-electron chi connectivity index (χ1n) is 5.56. The number of thiazole rings is 1. The molecular formula is C12H14BrN3S. The zero-order valence-corrected chi connectivity index (χ0v) is 12.0. The number of rotatable bonds is 5. The largest absolute Gasteiger partial charge is 0.311 e. The van der Waals surface area contributed by atoms with Crippen LogP contribution in [0.4, 0.5) is 0 Å². The monoisotopic (exact) mass is 311 g/mol. The number of halogens is 1. The van der Waals surface area contributed by atoms with Crippen LogP contribution in [0.3, 0.4) is 0 Å². The molecule has 2 aromatic heterocycles. The maximum Gasteiger partial charge on any atom is 0.142 e. The van der Waals surface area contributed by atoms with Gasteiger partial charge in [-0.1, -0.05) is 6.92 Å². The zero-order chi connectivity index (χ0) is 12.1. The highest BCUT2D eigenvalue weighted by atomic mass is 79.9. The second-order valence-electron chi connectivity index (χ2n) is 3.68. The lowest BCUT2D eigenvalue weighted by Crippen LogP contribution is -2.13. The quantitative estimate of drug-likeness (QED) is 0.859. The molecule has 0 aliphatic carbocycles. The lowest BCUT2D eigenvalue weighted by molar-refractivity contribution is 0.667. The Morgan fingerprint density at radius 3 is 3.00 bits per heavy atom. The van der Waals surface area contributed by atoms with Crippen LogP contribution in [0.15, 0.2) is 28.2 Å². The fourth-order valence-corrected chi connectivity index (χ4v) is 2.43. The predicted octanol–water partition coefficient (Wildman–Crippen LogP) is 3.47. The number of nitrogens with zero attached hydrogens (tertiary/aromatic N) is 2. The summed E-state index contributed by atoms with van der Waals surface area (Å²) in [5, 5.41) is 6.40. The first-order chi connectivity index (χ1) is 8.29. The van der Waals surface area contributed by atoms with Crippen molar-refractivity contribution in [1.29, 1.82) is 0 Å². The van der Waals surface area contributed by atoms with Gasteiger partial charge in [-0.2, -0.15) is 0 Å². The third kappa shape index (κ3) is 3.59. The molecule has 0 aromatic carbocycles. The third-order valence-electron chi connectivity index (χ3n) is 2.23. The summed E-state index contributed by atoms with van der Waals surface area (Å²) in [5.74, 6) is 0. The standard InChI is InChI=1S/C12H14BrN3S/c1-2-5-14-7-10-8-17-12(16-10)11-4-3-9(13)6-15-11/h3-4,6,8,14H,2,5,7H2,1H3. The van der Waals surface area contributed by atoms with Crippen LogP contribution in [0.2, 0.25) is 0 Å². The summed E-state index contributed by atoms with van der Waals surface area (Å²) in [6.07, 6.45) is 2.94. The van der Waals surface area contributed by atoms with E-state index in [1.807, 2.05) is 12.1 Å². The minimum Gasteiger partial charge on any atom is -0.311 e. The lowest BCUT2D eigenvalue weighted by Gasteiger charge is -1.98. The molecule has 2 aromatic rings. The number of hydrogen-bond acceptors (Lipinski definition) is 4. The van der Waals surface area contributed by atoms with E-state index in [1.54, 1.807) is 17.5 Å². The van der Waals surface area contributed by atoms with E-state index < -0.39 is 0 Å². The van der Waals surface area contributed by atoms with Crippen LogP contribution in [-0.2, 0) is 6.54 Å². The number of pyridine rings is 1. The highest BCUT2D eigenvalue weighted by molar-refractivity contribution is 9.10. The molecule has 0 saturated carbocycles. The second-order valence-corrected chi connectivity index (χ2v) is 5.46. The Hall–Kier alpha value is -0.780. The molecule has 90 valence electrons. The molecule has 0 amide bonds. The van der Waals surface area contributed by atoms with Crippen LogP contribution in [0.5, 0.6) is 0 Å². The summed E-state index contributed by atoms with van der Waals surface area (Å²) in [4.78, 5) is 8.90. The minimum absolute atomic E-state index is 0.834. The van der Waals surface area contributed by atoms with Gasteiger partial charge in [-0.15, -0.1) is 11.3 Å². The first kappa shape index (κ1) is 12.7. The lowest BCUT2D eigenvalue weighted by atomic mass is 10.3. The predicted molar refractivity (Wildman–Crippen MR) is 75.0 cm³/mol. The minimum atomic E-state index is 0.834. The van der Waals surface area contributed by atoms with Crippen LogP contribution in [-0.4, -0.2) is 16.5 Å². The van der Waals surface area contributed by atoms with Crippen molar-refractivity contribution in [3.8, 4) is 10.7 Å². The van der Waals surface area contributed by atoms with Gasteiger partial charge in [0.1, 0.15) is 5.01 Å². The molecule has 0 aliphatic rings. The first-order valence-corrected chi connectivity index (χ1v) is 7.24. The fraction of sp³-hybridized carbons (Fsp3) is 0.333. The van der Waals surface area contributed by atoms with Crippen molar-refractivity contribution in [2.24, 2.45) is 0 Å². The van der Waals surface area contributed by atoms with Gasteiger partial charge in [-0.3, -0.25) is 4.98 Å². The van der Waals surface area contributed by atoms with Gasteiger partial charge in [0.05, 0.1) is 11.4 Å². The molecule has 0 radical (unpaired) electrons. The van der Waals surface area contributed by atoms with Gasteiger partial charge in [0.2, 0.25) is 0 Å².